The van der Waals surface area contributed by atoms with Crippen molar-refractivity contribution in [3.63, 3.8) is 0 Å². The lowest BCUT2D eigenvalue weighted by Gasteiger charge is -2.17. The van der Waals surface area contributed by atoms with Crippen molar-refractivity contribution in [2.45, 2.75) is 45.6 Å². The Bertz CT molecular complexity index is 419. The lowest BCUT2D eigenvalue weighted by atomic mass is 9.94. The second-order valence-corrected chi connectivity index (χ2v) is 5.30. The Morgan fingerprint density at radius 3 is 2.19 bits per heavy atom. The van der Waals surface area contributed by atoms with Gasteiger partial charge in [0, 0.05) is 17.0 Å². The highest BCUT2D eigenvalue weighted by atomic mass is 35.5. The van der Waals surface area contributed by atoms with Crippen molar-refractivity contribution in [2.24, 2.45) is 0 Å². The van der Waals surface area contributed by atoms with Gasteiger partial charge in [-0.25, -0.2) is 0 Å². The minimum atomic E-state index is -0.604. The molecule has 0 atom stereocenters. The van der Waals surface area contributed by atoms with Gasteiger partial charge in [0.05, 0.1) is 5.60 Å². The molecule has 0 unspecified atom stereocenters. The number of halogens is 1. The molecule has 1 aliphatic rings. The molecule has 0 amide bonds. The molecule has 0 aromatic heterocycles. The number of phenols is 1. The molecule has 1 aliphatic carbocycles. The molecule has 0 heterocycles. The third-order valence-corrected chi connectivity index (χ3v) is 4.21. The molecular weight excluding hydrogens is 224 g/mol. The van der Waals surface area contributed by atoms with E-state index in [9.17, 15) is 10.2 Å². The van der Waals surface area contributed by atoms with Gasteiger partial charge in [0.25, 0.3) is 0 Å². The molecule has 2 nitrogen and oxygen atoms in total. The normalized spacial score (nSPS) is 17.6. The zero-order valence-electron chi connectivity index (χ0n) is 9.89. The van der Waals surface area contributed by atoms with Gasteiger partial charge < -0.3 is 10.2 Å². The monoisotopic (exact) mass is 240 g/mol. The first kappa shape index (κ1) is 11.7. The lowest BCUT2D eigenvalue weighted by Crippen LogP contribution is -2.13. The molecule has 0 radical (unpaired) electrons. The van der Waals surface area contributed by atoms with Gasteiger partial charge in [0.2, 0.25) is 0 Å². The van der Waals surface area contributed by atoms with E-state index < -0.39 is 5.60 Å². The standard InChI is InChI=1S/C13H17ClO2/c1-7-8(2)12(15)10(9(3)11(7)14)6-13(16)4-5-13/h15-16H,4-6H2,1-3H3. The van der Waals surface area contributed by atoms with E-state index in [4.69, 9.17) is 11.6 Å². The van der Waals surface area contributed by atoms with E-state index in [1.54, 1.807) is 0 Å². The van der Waals surface area contributed by atoms with E-state index in [-0.39, 0.29) is 0 Å². The second-order valence-electron chi connectivity index (χ2n) is 4.92. The zero-order valence-corrected chi connectivity index (χ0v) is 10.6. The van der Waals surface area contributed by atoms with E-state index in [0.717, 1.165) is 35.1 Å². The lowest BCUT2D eigenvalue weighted by molar-refractivity contribution is 0.149. The van der Waals surface area contributed by atoms with Crippen LogP contribution in [0.2, 0.25) is 5.02 Å². The van der Waals surface area contributed by atoms with Gasteiger partial charge in [-0.15, -0.1) is 0 Å². The van der Waals surface area contributed by atoms with Gasteiger partial charge in [0.1, 0.15) is 5.75 Å². The predicted octanol–water partition coefficient (Wildman–Crippen LogP) is 3.04. The van der Waals surface area contributed by atoms with Crippen LogP contribution in [0.25, 0.3) is 0 Å². The van der Waals surface area contributed by atoms with Gasteiger partial charge in [-0.2, -0.15) is 0 Å². The number of hydrogen-bond acceptors (Lipinski definition) is 2. The van der Waals surface area contributed by atoms with Crippen molar-refractivity contribution < 1.29 is 10.2 Å². The minimum absolute atomic E-state index is 0.291. The summed E-state index contributed by atoms with van der Waals surface area (Å²) in [5.41, 5.74) is 2.82. The molecule has 16 heavy (non-hydrogen) atoms. The second kappa shape index (κ2) is 3.64. The van der Waals surface area contributed by atoms with Gasteiger partial charge in [-0.1, -0.05) is 11.6 Å². The minimum Gasteiger partial charge on any atom is -0.507 e. The molecule has 0 saturated heterocycles. The smallest absolute Gasteiger partial charge is 0.122 e. The van der Waals surface area contributed by atoms with Gasteiger partial charge in [-0.05, 0) is 50.3 Å². The topological polar surface area (TPSA) is 40.5 Å². The molecule has 0 aliphatic heterocycles. The van der Waals surface area contributed by atoms with Crippen LogP contribution in [0.4, 0.5) is 0 Å². The Morgan fingerprint density at radius 1 is 1.12 bits per heavy atom. The van der Waals surface area contributed by atoms with Crippen LogP contribution in [-0.2, 0) is 6.42 Å². The van der Waals surface area contributed by atoms with Crippen LogP contribution in [0.1, 0.15) is 35.1 Å². The van der Waals surface area contributed by atoms with E-state index in [1.165, 1.54) is 0 Å². The first-order chi connectivity index (χ1) is 7.36. The molecule has 88 valence electrons. The summed E-state index contributed by atoms with van der Waals surface area (Å²) in [7, 11) is 0. The average Bonchev–Trinajstić information content (AvgIpc) is 2.98. The molecule has 1 aromatic rings. The molecular formula is C13H17ClO2. The van der Waals surface area contributed by atoms with E-state index in [2.05, 4.69) is 0 Å². The highest BCUT2D eigenvalue weighted by Gasteiger charge is 2.41. The fourth-order valence-electron chi connectivity index (χ4n) is 2.03. The maximum Gasteiger partial charge on any atom is 0.122 e. The number of hydrogen-bond donors (Lipinski definition) is 2. The maximum absolute atomic E-state index is 10.1. The SMILES string of the molecule is Cc1c(C)c(Cl)c(C)c(CC2(O)CC2)c1O. The fraction of sp³-hybridized carbons (Fsp3) is 0.538. The van der Waals surface area contributed by atoms with Crippen LogP contribution in [-0.4, -0.2) is 15.8 Å². The fourth-order valence-corrected chi connectivity index (χ4v) is 2.28. The van der Waals surface area contributed by atoms with E-state index in [1.807, 2.05) is 20.8 Å². The summed E-state index contributed by atoms with van der Waals surface area (Å²) in [5.74, 6) is 0.291. The number of rotatable bonds is 2. The quantitative estimate of drug-likeness (QED) is 0.834. The van der Waals surface area contributed by atoms with Crippen LogP contribution in [0.5, 0.6) is 5.75 Å². The first-order valence-corrected chi connectivity index (χ1v) is 5.93. The highest BCUT2D eigenvalue weighted by Crippen LogP contribution is 2.43. The van der Waals surface area contributed by atoms with Gasteiger partial charge in [0.15, 0.2) is 0 Å². The van der Waals surface area contributed by atoms with Crippen molar-refractivity contribution >= 4 is 11.6 Å². The number of aromatic hydroxyl groups is 1. The van der Waals surface area contributed by atoms with E-state index in [0.29, 0.717) is 17.2 Å². The van der Waals surface area contributed by atoms with Crippen molar-refractivity contribution in [3.8, 4) is 5.75 Å². The van der Waals surface area contributed by atoms with Gasteiger partial charge >= 0.3 is 0 Å². The van der Waals surface area contributed by atoms with E-state index >= 15 is 0 Å². The molecule has 0 bridgehead atoms. The summed E-state index contributed by atoms with van der Waals surface area (Å²) in [6.07, 6.45) is 2.14. The molecule has 1 aromatic carbocycles. The van der Waals surface area contributed by atoms with Crippen LogP contribution in [0.15, 0.2) is 0 Å². The summed E-state index contributed by atoms with van der Waals surface area (Å²) in [6, 6.07) is 0. The molecule has 1 saturated carbocycles. The zero-order chi connectivity index (χ0) is 12.1. The molecule has 1 fully saturated rings. The molecule has 3 heteroatoms. The van der Waals surface area contributed by atoms with Crippen molar-refractivity contribution in [3.05, 3.63) is 27.3 Å². The maximum atomic E-state index is 10.1. The van der Waals surface area contributed by atoms with Gasteiger partial charge in [-0.3, -0.25) is 0 Å². The Labute approximate surface area is 101 Å². The Morgan fingerprint density at radius 2 is 1.69 bits per heavy atom. The van der Waals surface area contributed by atoms with Crippen molar-refractivity contribution in [2.75, 3.05) is 0 Å². The number of aliphatic hydroxyl groups is 1. The van der Waals surface area contributed by atoms with Crippen LogP contribution >= 0.6 is 11.6 Å². The third kappa shape index (κ3) is 1.80. The predicted molar refractivity (Wildman–Crippen MR) is 65.2 cm³/mol. The summed E-state index contributed by atoms with van der Waals surface area (Å²) in [5, 5.41) is 20.7. The third-order valence-electron chi connectivity index (χ3n) is 3.65. The van der Waals surface area contributed by atoms with Crippen LogP contribution in [0.3, 0.4) is 0 Å². The largest absolute Gasteiger partial charge is 0.507 e. The van der Waals surface area contributed by atoms with Crippen molar-refractivity contribution in [1.82, 2.24) is 0 Å². The molecule has 2 N–H and O–H groups in total. The van der Waals surface area contributed by atoms with Crippen molar-refractivity contribution in [1.29, 1.82) is 0 Å². The average molecular weight is 241 g/mol. The molecule has 0 spiro atoms. The highest BCUT2D eigenvalue weighted by molar-refractivity contribution is 6.32. The number of phenolic OH excluding ortho intramolecular Hbond substituents is 1. The summed E-state index contributed by atoms with van der Waals surface area (Å²) in [6.45, 7) is 5.66. The summed E-state index contributed by atoms with van der Waals surface area (Å²) in [4.78, 5) is 0. The first-order valence-electron chi connectivity index (χ1n) is 5.55. The summed E-state index contributed by atoms with van der Waals surface area (Å²) < 4.78 is 0. The summed E-state index contributed by atoms with van der Waals surface area (Å²) >= 11 is 6.22. The van der Waals surface area contributed by atoms with Crippen LogP contribution in [0, 0.1) is 20.8 Å². The van der Waals surface area contributed by atoms with Crippen LogP contribution < -0.4 is 0 Å². The number of benzene rings is 1. The molecule has 2 rings (SSSR count). The Kier molecular flexibility index (Phi) is 2.67. The Balaban J connectivity index is 2.51. The Hall–Kier alpha value is -0.730.